The molecule has 286 valence electrons. The first kappa shape index (κ1) is 40.8. The molecule has 13 heteroatoms. The molecular weight excluding hydrogens is 634 g/mol. The minimum Gasteiger partial charge on any atom is -0.481 e. The van der Waals surface area contributed by atoms with Gasteiger partial charge in [-0.2, -0.15) is 0 Å². The first-order chi connectivity index (χ1) is 23.6. The van der Waals surface area contributed by atoms with Gasteiger partial charge in [-0.1, -0.05) is 6.92 Å². The monoisotopic (exact) mass is 701 g/mol. The Morgan fingerprint density at radius 1 is 0.939 bits per heavy atom. The molecule has 2 saturated carbocycles. The van der Waals surface area contributed by atoms with Crippen LogP contribution in [0, 0.1) is 29.6 Å². The second kappa shape index (κ2) is 20.3. The topological polar surface area (TPSA) is 205 Å². The lowest BCUT2D eigenvalue weighted by Crippen LogP contribution is -2.55. The number of hydrogen-bond donors (Lipinski definition) is 8. The predicted molar refractivity (Wildman–Crippen MR) is 184 cm³/mol. The van der Waals surface area contributed by atoms with E-state index < -0.39 is 36.5 Å². The number of carboxylic acid groups (broad SMARTS) is 1. The van der Waals surface area contributed by atoms with E-state index in [9.17, 15) is 30.3 Å². The molecule has 0 aromatic heterocycles. The Bertz CT molecular complexity index is 966. The van der Waals surface area contributed by atoms with Gasteiger partial charge < -0.3 is 60.8 Å². The third-order valence-corrected chi connectivity index (χ3v) is 12.0. The van der Waals surface area contributed by atoms with Crippen molar-refractivity contribution in [3.8, 4) is 0 Å². The van der Waals surface area contributed by atoms with Gasteiger partial charge in [-0.05, 0) is 114 Å². The first-order valence-electron chi connectivity index (χ1n) is 19.0. The minimum absolute atomic E-state index is 0.0162. The van der Waals surface area contributed by atoms with Gasteiger partial charge in [0.25, 0.3) is 0 Å². The maximum absolute atomic E-state index is 12.0. The van der Waals surface area contributed by atoms with Gasteiger partial charge in [-0.3, -0.25) is 4.79 Å². The molecule has 4 fully saturated rings. The van der Waals surface area contributed by atoms with Gasteiger partial charge in [0, 0.05) is 39.2 Å². The molecule has 49 heavy (non-hydrogen) atoms. The van der Waals surface area contributed by atoms with Crippen LogP contribution in [0.4, 0.5) is 0 Å². The molecule has 13 nitrogen and oxygen atoms in total. The zero-order valence-corrected chi connectivity index (χ0v) is 30.0. The summed E-state index contributed by atoms with van der Waals surface area (Å²) in [7, 11) is 3.23. The number of aliphatic carboxylic acids is 1. The van der Waals surface area contributed by atoms with Crippen LogP contribution in [0.25, 0.3) is 0 Å². The number of hydrogen-bond acceptors (Lipinski definition) is 12. The number of carbonyl (C=O) groups is 1. The fourth-order valence-electron chi connectivity index (χ4n) is 9.35. The zero-order valence-electron chi connectivity index (χ0n) is 30.0. The number of ether oxygens (including phenoxy) is 4. The van der Waals surface area contributed by atoms with Crippen LogP contribution in [0.1, 0.15) is 90.4 Å². The van der Waals surface area contributed by atoms with Crippen molar-refractivity contribution in [2.45, 2.75) is 151 Å². The van der Waals surface area contributed by atoms with Crippen LogP contribution in [-0.4, -0.2) is 133 Å². The SMILES string of the molecule is CCN[C@H](COC1CC([C@@H]2O[C@@H](CCC3CCC(O)C(OC)C3)C[C@H](O)[C@@H]2CCO)CC(OC)C1O)[C@H](CC(=O)O)CC1CCNC(N)C1. The van der Waals surface area contributed by atoms with Crippen molar-refractivity contribution in [3.63, 3.8) is 0 Å². The van der Waals surface area contributed by atoms with E-state index in [-0.39, 0.29) is 67.9 Å². The van der Waals surface area contributed by atoms with Gasteiger partial charge in [0.05, 0.1) is 55.5 Å². The maximum atomic E-state index is 12.0. The number of nitrogens with one attached hydrogen (secondary N) is 2. The van der Waals surface area contributed by atoms with E-state index in [1.807, 2.05) is 6.92 Å². The van der Waals surface area contributed by atoms with Gasteiger partial charge in [-0.15, -0.1) is 0 Å². The van der Waals surface area contributed by atoms with Crippen LogP contribution >= 0.6 is 0 Å². The van der Waals surface area contributed by atoms with Crippen molar-refractivity contribution in [2.24, 2.45) is 35.3 Å². The van der Waals surface area contributed by atoms with Crippen molar-refractivity contribution in [3.05, 3.63) is 0 Å². The highest BCUT2D eigenvalue weighted by molar-refractivity contribution is 5.67. The maximum Gasteiger partial charge on any atom is 0.303 e. The molecule has 0 spiro atoms. The number of aliphatic hydroxyl groups is 4. The number of carboxylic acids is 1. The molecule has 0 aromatic carbocycles. The molecule has 0 radical (unpaired) electrons. The molecule has 2 aliphatic carbocycles. The van der Waals surface area contributed by atoms with Crippen molar-refractivity contribution >= 4 is 5.97 Å². The average Bonchev–Trinajstić information content (AvgIpc) is 3.07. The highest BCUT2D eigenvalue weighted by Gasteiger charge is 2.47. The van der Waals surface area contributed by atoms with Crippen LogP contribution in [-0.2, 0) is 23.7 Å². The van der Waals surface area contributed by atoms with Crippen molar-refractivity contribution in [1.29, 1.82) is 0 Å². The Morgan fingerprint density at radius 3 is 2.37 bits per heavy atom. The molecule has 2 aliphatic heterocycles. The van der Waals surface area contributed by atoms with Crippen LogP contribution < -0.4 is 16.4 Å². The summed E-state index contributed by atoms with van der Waals surface area (Å²) >= 11 is 0. The zero-order chi connectivity index (χ0) is 35.5. The minimum atomic E-state index is -0.875. The van der Waals surface area contributed by atoms with Crippen molar-refractivity contribution < 1.29 is 49.3 Å². The lowest BCUT2D eigenvalue weighted by atomic mass is 9.72. The molecule has 2 saturated heterocycles. The lowest BCUT2D eigenvalue weighted by Gasteiger charge is -2.48. The molecule has 9 N–H and O–H groups in total. The number of methoxy groups -OCH3 is 2. The number of nitrogens with two attached hydrogens (primary N) is 1. The smallest absolute Gasteiger partial charge is 0.303 e. The summed E-state index contributed by atoms with van der Waals surface area (Å²) in [5.74, 6) is -0.612. The molecule has 4 rings (SSSR count). The van der Waals surface area contributed by atoms with Gasteiger partial charge in [-0.25, -0.2) is 0 Å². The van der Waals surface area contributed by atoms with Crippen molar-refractivity contribution in [2.75, 3.05) is 40.5 Å². The van der Waals surface area contributed by atoms with Crippen LogP contribution in [0.3, 0.4) is 0 Å². The van der Waals surface area contributed by atoms with E-state index in [1.165, 1.54) is 0 Å². The van der Waals surface area contributed by atoms with Crippen LogP contribution in [0.5, 0.6) is 0 Å². The Morgan fingerprint density at radius 2 is 1.69 bits per heavy atom. The van der Waals surface area contributed by atoms with Crippen molar-refractivity contribution in [1.82, 2.24) is 10.6 Å². The fourth-order valence-corrected chi connectivity index (χ4v) is 9.35. The van der Waals surface area contributed by atoms with Gasteiger partial charge in [0.15, 0.2) is 0 Å². The summed E-state index contributed by atoms with van der Waals surface area (Å²) in [6, 6.07) is -0.223. The molecular formula is C36H67N3O10. The number of likely N-dealkylation sites (N-methyl/N-ethyl adjacent to an activating group) is 1. The summed E-state index contributed by atoms with van der Waals surface area (Å²) in [6.45, 7) is 3.64. The Kier molecular flexibility index (Phi) is 16.9. The Hall–Kier alpha value is -0.970. The molecule has 0 amide bonds. The average molecular weight is 702 g/mol. The summed E-state index contributed by atoms with van der Waals surface area (Å²) < 4.78 is 24.6. The fraction of sp³-hybridized carbons (Fsp3) is 0.972. The predicted octanol–water partition coefficient (Wildman–Crippen LogP) is 1.37. The molecule has 9 unspecified atom stereocenters. The largest absolute Gasteiger partial charge is 0.481 e. The number of rotatable bonds is 18. The molecule has 0 bridgehead atoms. The van der Waals surface area contributed by atoms with Crippen LogP contribution in [0.15, 0.2) is 0 Å². The first-order valence-corrected chi connectivity index (χ1v) is 19.0. The second-order valence-electron chi connectivity index (χ2n) is 15.4. The van der Waals surface area contributed by atoms with E-state index in [2.05, 4.69) is 10.6 Å². The quantitative estimate of drug-likeness (QED) is 0.102. The van der Waals surface area contributed by atoms with E-state index in [0.717, 1.165) is 57.9 Å². The van der Waals surface area contributed by atoms with E-state index in [4.69, 9.17) is 24.7 Å². The van der Waals surface area contributed by atoms with E-state index >= 15 is 0 Å². The third kappa shape index (κ3) is 11.8. The highest BCUT2D eigenvalue weighted by Crippen LogP contribution is 2.42. The van der Waals surface area contributed by atoms with Gasteiger partial charge >= 0.3 is 5.97 Å². The summed E-state index contributed by atoms with van der Waals surface area (Å²) in [5, 5.41) is 59.5. The third-order valence-electron chi connectivity index (χ3n) is 12.0. The molecule has 0 aromatic rings. The summed E-state index contributed by atoms with van der Waals surface area (Å²) in [6.07, 6.45) is 4.91. The number of piperidine rings is 1. The molecule has 15 atom stereocenters. The van der Waals surface area contributed by atoms with Gasteiger partial charge in [0.2, 0.25) is 0 Å². The lowest BCUT2D eigenvalue weighted by molar-refractivity contribution is -0.199. The van der Waals surface area contributed by atoms with E-state index in [0.29, 0.717) is 44.1 Å². The highest BCUT2D eigenvalue weighted by atomic mass is 16.5. The molecule has 4 aliphatic rings. The van der Waals surface area contributed by atoms with Gasteiger partial charge in [0.1, 0.15) is 6.10 Å². The van der Waals surface area contributed by atoms with Crippen LogP contribution in [0.2, 0.25) is 0 Å². The Balaban J connectivity index is 1.44. The molecule has 2 heterocycles. The van der Waals surface area contributed by atoms with E-state index in [1.54, 1.807) is 14.2 Å². The summed E-state index contributed by atoms with van der Waals surface area (Å²) in [4.78, 5) is 12.0. The standard InChI is InChI=1S/C36H67N3O10/c1-4-38-27(23(18-34(43)44)13-22-9-11-39-33(37)15-22)20-48-32-17-24(16-31(47-3)35(32)45)36-26(10-12-40)29(42)19-25(49-36)7-5-21-6-8-28(41)30(14-21)46-2/h21-33,35-36,38-42,45H,4-20,37H2,1-3H3,(H,43,44)/t21?,22?,23-,24?,25-,26-,27+,28?,29-,30?,31?,32?,33?,35?,36-/m0/s1. The normalized spacial score (nSPS) is 40.1. The summed E-state index contributed by atoms with van der Waals surface area (Å²) in [5.41, 5.74) is 6.16. The number of aliphatic hydroxyl groups excluding tert-OH is 4. The Labute approximate surface area is 293 Å². The second-order valence-corrected chi connectivity index (χ2v) is 15.4.